The first-order valence-corrected chi connectivity index (χ1v) is 8.29. The summed E-state index contributed by atoms with van der Waals surface area (Å²) in [4.78, 5) is 4.10. The second-order valence-electron chi connectivity index (χ2n) is 6.61. The van der Waals surface area contributed by atoms with Crippen molar-refractivity contribution in [1.82, 2.24) is 10.3 Å². The molecule has 0 bridgehead atoms. The fourth-order valence-electron chi connectivity index (χ4n) is 2.36. The molecule has 0 saturated carbocycles. The summed E-state index contributed by atoms with van der Waals surface area (Å²) in [6, 6.07) is 3.38. The Morgan fingerprint density at radius 1 is 1.38 bits per heavy atom. The minimum atomic E-state index is -4.22. The van der Waals surface area contributed by atoms with Gasteiger partial charge < -0.3 is 5.32 Å². The first-order chi connectivity index (χ1) is 9.15. The zero-order valence-corrected chi connectivity index (χ0v) is 14.2. The van der Waals surface area contributed by atoms with Gasteiger partial charge in [0.25, 0.3) is 0 Å². The molecule has 120 valence electrons. The Morgan fingerprint density at radius 2 is 2.05 bits per heavy atom. The van der Waals surface area contributed by atoms with Crippen molar-refractivity contribution in [1.29, 1.82) is 0 Å². The Bertz CT molecular complexity index is 597. The second kappa shape index (κ2) is 6.60. The van der Waals surface area contributed by atoms with Crippen molar-refractivity contribution >= 4 is 22.5 Å². The molecule has 0 fully saturated rings. The van der Waals surface area contributed by atoms with Crippen molar-refractivity contribution in [3.8, 4) is 0 Å². The van der Waals surface area contributed by atoms with Crippen LogP contribution in [0.4, 0.5) is 0 Å². The van der Waals surface area contributed by atoms with Crippen LogP contribution in [-0.2, 0) is 23.1 Å². The van der Waals surface area contributed by atoms with Gasteiger partial charge in [-0.05, 0) is 29.9 Å². The average molecular weight is 335 g/mol. The monoisotopic (exact) mass is 334 g/mol. The molecule has 0 aromatic carbocycles. The van der Waals surface area contributed by atoms with E-state index >= 15 is 0 Å². The summed E-state index contributed by atoms with van der Waals surface area (Å²) in [5.41, 5.74) is 2.06. The lowest BCUT2D eigenvalue weighted by atomic mass is 9.86. The average Bonchev–Trinajstić information content (AvgIpc) is 2.33. The normalized spacial score (nSPS) is 18.8. The molecule has 1 aliphatic heterocycles. The quantitative estimate of drug-likeness (QED) is 0.830. The van der Waals surface area contributed by atoms with Crippen molar-refractivity contribution in [3.63, 3.8) is 0 Å². The second-order valence-corrected chi connectivity index (χ2v) is 7.98. The lowest BCUT2D eigenvalue weighted by Crippen LogP contribution is -2.37. The Balaban J connectivity index is 0.00000220. The van der Waals surface area contributed by atoms with Crippen molar-refractivity contribution in [2.45, 2.75) is 57.6 Å². The van der Waals surface area contributed by atoms with E-state index in [1.54, 1.807) is 6.07 Å². The number of rotatable bonds is 3. The van der Waals surface area contributed by atoms with E-state index in [1.807, 2.05) is 0 Å². The van der Waals surface area contributed by atoms with Gasteiger partial charge in [-0.15, -0.1) is 12.4 Å². The molecule has 1 aromatic heterocycles. The minimum Gasteiger partial charge on any atom is -0.309 e. The van der Waals surface area contributed by atoms with Crippen LogP contribution in [0.5, 0.6) is 0 Å². The molecule has 7 heteroatoms. The first-order valence-electron chi connectivity index (χ1n) is 6.85. The highest BCUT2D eigenvalue weighted by Gasteiger charge is 2.23. The molecule has 1 aliphatic rings. The third-order valence-electron chi connectivity index (χ3n) is 3.57. The van der Waals surface area contributed by atoms with E-state index in [1.165, 1.54) is 6.07 Å². The molecule has 5 nitrogen and oxygen atoms in total. The lowest BCUT2D eigenvalue weighted by molar-refractivity contribution is 0.320. The molecule has 0 spiro atoms. The number of hydrogen-bond acceptors (Lipinski definition) is 4. The Hall–Kier alpha value is -0.690. The summed E-state index contributed by atoms with van der Waals surface area (Å²) in [7, 11) is -4.22. The number of hydrogen-bond donors (Lipinski definition) is 2. The predicted molar refractivity (Wildman–Crippen MR) is 84.3 cm³/mol. The highest BCUT2D eigenvalue weighted by Crippen LogP contribution is 2.25. The number of halogens is 1. The topological polar surface area (TPSA) is 79.3 Å². The van der Waals surface area contributed by atoms with Gasteiger partial charge in [0.1, 0.15) is 0 Å². The van der Waals surface area contributed by atoms with Crippen LogP contribution in [0.2, 0.25) is 0 Å². The fourth-order valence-corrected chi connectivity index (χ4v) is 2.83. The maximum atomic E-state index is 11.1. The molecule has 0 amide bonds. The SMILES string of the molecule is CC(C)(C)CCC1Cc2nc(S(=O)(=O)O)ccc2CN1.Cl. The van der Waals surface area contributed by atoms with Crippen LogP contribution in [0.25, 0.3) is 0 Å². The molecular weight excluding hydrogens is 312 g/mol. The number of pyridine rings is 1. The van der Waals surface area contributed by atoms with Crippen LogP contribution >= 0.6 is 12.4 Å². The van der Waals surface area contributed by atoms with Crippen LogP contribution < -0.4 is 5.32 Å². The Kier molecular flexibility index (Phi) is 5.77. The van der Waals surface area contributed by atoms with E-state index in [0.29, 0.717) is 19.0 Å². The first kappa shape index (κ1) is 18.4. The highest BCUT2D eigenvalue weighted by atomic mass is 35.5. The van der Waals surface area contributed by atoms with E-state index in [-0.39, 0.29) is 22.8 Å². The third-order valence-corrected chi connectivity index (χ3v) is 4.33. The van der Waals surface area contributed by atoms with Gasteiger partial charge in [-0.25, -0.2) is 4.98 Å². The molecule has 2 N–H and O–H groups in total. The summed E-state index contributed by atoms with van der Waals surface area (Å²) in [5, 5.41) is 3.20. The van der Waals surface area contributed by atoms with Gasteiger partial charge in [0.2, 0.25) is 0 Å². The highest BCUT2D eigenvalue weighted by molar-refractivity contribution is 7.85. The van der Waals surface area contributed by atoms with E-state index in [2.05, 4.69) is 31.1 Å². The van der Waals surface area contributed by atoms with Gasteiger partial charge in [-0.2, -0.15) is 8.42 Å². The van der Waals surface area contributed by atoms with Gasteiger partial charge >= 0.3 is 10.1 Å². The van der Waals surface area contributed by atoms with Crippen LogP contribution in [0, 0.1) is 5.41 Å². The predicted octanol–water partition coefficient (Wildman–Crippen LogP) is 2.59. The van der Waals surface area contributed by atoms with Crippen LogP contribution in [0.15, 0.2) is 17.2 Å². The zero-order chi connectivity index (χ0) is 15.0. The molecular formula is C14H23ClN2O3S. The fraction of sp³-hybridized carbons (Fsp3) is 0.643. The van der Waals surface area contributed by atoms with Crippen LogP contribution in [0.1, 0.15) is 44.9 Å². The lowest BCUT2D eigenvalue weighted by Gasteiger charge is -2.28. The molecule has 21 heavy (non-hydrogen) atoms. The number of aromatic nitrogens is 1. The summed E-state index contributed by atoms with van der Waals surface area (Å²) in [6.45, 7) is 7.32. The molecule has 2 rings (SSSR count). The molecule has 0 saturated heterocycles. The van der Waals surface area contributed by atoms with E-state index in [4.69, 9.17) is 4.55 Å². The Labute approximate surface area is 132 Å². The van der Waals surface area contributed by atoms with Crippen molar-refractivity contribution in [3.05, 3.63) is 23.4 Å². The minimum absolute atomic E-state index is 0. The van der Waals surface area contributed by atoms with Crippen molar-refractivity contribution in [2.24, 2.45) is 5.41 Å². The third kappa shape index (κ3) is 5.21. The summed E-state index contributed by atoms with van der Waals surface area (Å²) in [5.74, 6) is 0. The number of nitrogens with one attached hydrogen (secondary N) is 1. The van der Waals surface area contributed by atoms with Gasteiger partial charge in [0, 0.05) is 24.7 Å². The molecule has 1 atom stereocenters. The van der Waals surface area contributed by atoms with Crippen LogP contribution in [0.3, 0.4) is 0 Å². The molecule has 0 aliphatic carbocycles. The molecule has 1 unspecified atom stereocenters. The van der Waals surface area contributed by atoms with Crippen molar-refractivity contribution in [2.75, 3.05) is 0 Å². The van der Waals surface area contributed by atoms with Gasteiger partial charge in [-0.3, -0.25) is 4.55 Å². The largest absolute Gasteiger partial charge is 0.312 e. The summed E-state index contributed by atoms with van der Waals surface area (Å²) >= 11 is 0. The molecule has 1 aromatic rings. The van der Waals surface area contributed by atoms with E-state index in [0.717, 1.165) is 24.1 Å². The summed E-state index contributed by atoms with van der Waals surface area (Å²) in [6.07, 6.45) is 2.83. The molecule has 2 heterocycles. The smallest absolute Gasteiger partial charge is 0.309 e. The standard InChI is InChI=1S/C14H22N2O3S.ClH/c1-14(2,3)7-6-11-8-12-10(9-15-11)4-5-13(16-12)20(17,18)19;/h4-5,11,15H,6-9H2,1-3H3,(H,17,18,19);1H. The van der Waals surface area contributed by atoms with Gasteiger partial charge in [0.05, 0.1) is 0 Å². The molecule has 0 radical (unpaired) electrons. The van der Waals surface area contributed by atoms with Crippen LogP contribution in [-0.4, -0.2) is 24.0 Å². The van der Waals surface area contributed by atoms with Crippen molar-refractivity contribution < 1.29 is 13.0 Å². The van der Waals surface area contributed by atoms with Gasteiger partial charge in [0.15, 0.2) is 5.03 Å². The summed E-state index contributed by atoms with van der Waals surface area (Å²) < 4.78 is 31.3. The Morgan fingerprint density at radius 3 is 2.62 bits per heavy atom. The maximum absolute atomic E-state index is 11.1. The number of nitrogens with zero attached hydrogens (tertiary/aromatic N) is 1. The number of fused-ring (bicyclic) bond motifs is 1. The zero-order valence-electron chi connectivity index (χ0n) is 12.6. The maximum Gasteiger partial charge on any atom is 0.312 e. The van der Waals surface area contributed by atoms with E-state index < -0.39 is 10.1 Å². The van der Waals surface area contributed by atoms with E-state index in [9.17, 15) is 8.42 Å². The van der Waals surface area contributed by atoms with Gasteiger partial charge in [-0.1, -0.05) is 26.8 Å².